The normalized spacial score (nSPS) is 15.2. The third-order valence-electron chi connectivity index (χ3n) is 5.13. The molecule has 8 nitrogen and oxygen atoms in total. The summed E-state index contributed by atoms with van der Waals surface area (Å²) in [5.74, 6) is -0.0607. The van der Waals surface area contributed by atoms with E-state index in [0.717, 1.165) is 11.1 Å². The van der Waals surface area contributed by atoms with Gasteiger partial charge in [-0.1, -0.05) is 35.9 Å². The molecule has 0 aliphatic carbocycles. The van der Waals surface area contributed by atoms with Crippen molar-refractivity contribution in [2.75, 3.05) is 26.2 Å². The first-order valence-corrected chi connectivity index (χ1v) is 11.3. The summed E-state index contributed by atoms with van der Waals surface area (Å²) >= 11 is 6.12. The Morgan fingerprint density at radius 2 is 1.80 bits per heavy atom. The van der Waals surface area contributed by atoms with E-state index in [1.165, 1.54) is 28.6 Å². The minimum atomic E-state index is -4.01. The molecule has 1 amide bonds. The number of piperazine rings is 1. The van der Waals surface area contributed by atoms with Gasteiger partial charge in [-0.2, -0.15) is 4.31 Å². The molecule has 0 atom stereocenters. The van der Waals surface area contributed by atoms with Gasteiger partial charge in [0, 0.05) is 43.7 Å². The average molecular weight is 452 g/mol. The number of para-hydroxylation sites is 1. The summed E-state index contributed by atoms with van der Waals surface area (Å²) < 4.78 is 26.9. The van der Waals surface area contributed by atoms with Gasteiger partial charge in [-0.15, -0.1) is 0 Å². The number of benzene rings is 2. The highest BCUT2D eigenvalue weighted by Gasteiger charge is 2.34. The number of hydrogen-bond acceptors (Lipinski definition) is 5. The van der Waals surface area contributed by atoms with Gasteiger partial charge in [0.05, 0.1) is 4.92 Å². The fourth-order valence-corrected chi connectivity index (χ4v) is 5.13. The van der Waals surface area contributed by atoms with Crippen LogP contribution in [0.15, 0.2) is 47.4 Å². The summed E-state index contributed by atoms with van der Waals surface area (Å²) in [4.78, 5) is 24.3. The Morgan fingerprint density at radius 3 is 2.43 bits per heavy atom. The fraction of sp³-hybridized carbons (Fsp3) is 0.350. The molecule has 1 aliphatic rings. The first-order chi connectivity index (χ1) is 14.2. The van der Waals surface area contributed by atoms with Gasteiger partial charge < -0.3 is 4.90 Å². The van der Waals surface area contributed by atoms with Crippen molar-refractivity contribution < 1.29 is 18.1 Å². The lowest BCUT2D eigenvalue weighted by Crippen LogP contribution is -2.50. The third-order valence-corrected chi connectivity index (χ3v) is 7.49. The van der Waals surface area contributed by atoms with Crippen LogP contribution in [0.25, 0.3) is 0 Å². The molecule has 1 fully saturated rings. The summed E-state index contributed by atoms with van der Waals surface area (Å²) in [5.41, 5.74) is 1.49. The highest BCUT2D eigenvalue weighted by molar-refractivity contribution is 7.89. The van der Waals surface area contributed by atoms with E-state index in [2.05, 4.69) is 0 Å². The second-order valence-electron chi connectivity index (χ2n) is 7.09. The molecule has 2 aromatic rings. The van der Waals surface area contributed by atoms with Crippen molar-refractivity contribution in [1.29, 1.82) is 0 Å². The largest absolute Gasteiger partial charge is 0.340 e. The topological polar surface area (TPSA) is 101 Å². The molecule has 0 spiro atoms. The minimum absolute atomic E-state index is 0.0607. The first kappa shape index (κ1) is 22.2. The number of hydrogen-bond donors (Lipinski definition) is 0. The fourth-order valence-electron chi connectivity index (χ4n) is 3.34. The first-order valence-electron chi connectivity index (χ1n) is 9.46. The molecule has 0 aromatic heterocycles. The number of sulfonamides is 1. The zero-order valence-corrected chi connectivity index (χ0v) is 18.0. The number of amides is 1. The minimum Gasteiger partial charge on any atom is -0.340 e. The number of rotatable bonds is 6. The van der Waals surface area contributed by atoms with Gasteiger partial charge in [0.2, 0.25) is 15.9 Å². The SMILES string of the molecule is Cc1ccc(CCC(=O)N2CCN(S(=O)(=O)c3ccccc3[N+](=O)[O-])CC2)cc1Cl. The number of nitrogens with zero attached hydrogens (tertiary/aromatic N) is 3. The zero-order chi connectivity index (χ0) is 21.9. The number of carbonyl (C=O) groups is 1. The molecule has 30 heavy (non-hydrogen) atoms. The molecule has 3 rings (SSSR count). The van der Waals surface area contributed by atoms with E-state index in [9.17, 15) is 23.3 Å². The van der Waals surface area contributed by atoms with Crippen LogP contribution in [-0.2, 0) is 21.2 Å². The molecular formula is C20H22ClN3O5S. The number of halogens is 1. The summed E-state index contributed by atoms with van der Waals surface area (Å²) in [6.45, 7) is 2.59. The molecule has 0 bridgehead atoms. The van der Waals surface area contributed by atoms with E-state index in [0.29, 0.717) is 17.9 Å². The van der Waals surface area contributed by atoms with Crippen LogP contribution in [0.2, 0.25) is 5.02 Å². The number of nitro groups is 1. The summed E-state index contributed by atoms with van der Waals surface area (Å²) in [5, 5.41) is 11.8. The summed E-state index contributed by atoms with van der Waals surface area (Å²) in [6, 6.07) is 11.0. The van der Waals surface area contributed by atoms with E-state index in [4.69, 9.17) is 11.6 Å². The van der Waals surface area contributed by atoms with Crippen molar-refractivity contribution in [3.63, 3.8) is 0 Å². The van der Waals surface area contributed by atoms with E-state index in [-0.39, 0.29) is 37.0 Å². The van der Waals surface area contributed by atoms with Crippen molar-refractivity contribution in [3.8, 4) is 0 Å². The number of nitro benzene ring substituents is 1. The van der Waals surface area contributed by atoms with Crippen molar-refractivity contribution in [2.24, 2.45) is 0 Å². The lowest BCUT2D eigenvalue weighted by molar-refractivity contribution is -0.387. The van der Waals surface area contributed by atoms with E-state index < -0.39 is 20.6 Å². The molecule has 10 heteroatoms. The van der Waals surface area contributed by atoms with Crippen LogP contribution < -0.4 is 0 Å². The molecule has 0 radical (unpaired) electrons. The zero-order valence-electron chi connectivity index (χ0n) is 16.5. The van der Waals surface area contributed by atoms with Gasteiger partial charge in [0.1, 0.15) is 0 Å². The van der Waals surface area contributed by atoms with Gasteiger partial charge in [-0.3, -0.25) is 14.9 Å². The van der Waals surface area contributed by atoms with E-state index >= 15 is 0 Å². The Morgan fingerprint density at radius 1 is 1.13 bits per heavy atom. The van der Waals surface area contributed by atoms with Crippen LogP contribution in [0.4, 0.5) is 5.69 Å². The van der Waals surface area contributed by atoms with Crippen molar-refractivity contribution in [1.82, 2.24) is 9.21 Å². The van der Waals surface area contributed by atoms with Crippen molar-refractivity contribution in [2.45, 2.75) is 24.7 Å². The Bertz CT molecular complexity index is 1070. The average Bonchev–Trinajstić information content (AvgIpc) is 2.74. The van der Waals surface area contributed by atoms with E-state index in [1.54, 1.807) is 4.90 Å². The van der Waals surface area contributed by atoms with Gasteiger partial charge in [0.25, 0.3) is 5.69 Å². The van der Waals surface area contributed by atoms with Gasteiger partial charge >= 0.3 is 0 Å². The molecule has 1 heterocycles. The van der Waals surface area contributed by atoms with Crippen LogP contribution in [0.3, 0.4) is 0 Å². The second-order valence-corrected chi connectivity index (χ2v) is 9.41. The monoisotopic (exact) mass is 451 g/mol. The van der Waals surface area contributed by atoms with Gasteiger partial charge in [-0.25, -0.2) is 8.42 Å². The Labute approximate surface area is 180 Å². The Hall–Kier alpha value is -2.49. The smallest absolute Gasteiger partial charge is 0.289 e. The molecule has 0 N–H and O–H groups in total. The maximum absolute atomic E-state index is 12.9. The van der Waals surface area contributed by atoms with Crippen molar-refractivity contribution in [3.05, 3.63) is 68.7 Å². The maximum atomic E-state index is 12.9. The van der Waals surface area contributed by atoms with Crippen LogP contribution in [0, 0.1) is 17.0 Å². The molecule has 160 valence electrons. The third kappa shape index (κ3) is 4.80. The van der Waals surface area contributed by atoms with Crippen LogP contribution in [0.5, 0.6) is 0 Å². The predicted octanol–water partition coefficient (Wildman–Crippen LogP) is 3.02. The maximum Gasteiger partial charge on any atom is 0.289 e. The standard InChI is InChI=1S/C20H22ClN3O5S/c1-15-6-7-16(14-17(15)21)8-9-20(25)22-10-12-23(13-11-22)30(28,29)19-5-3-2-4-18(19)24(26)27/h2-7,14H,8-13H2,1H3. The number of carbonyl (C=O) groups excluding carboxylic acids is 1. The molecule has 0 saturated carbocycles. The predicted molar refractivity (Wildman–Crippen MR) is 113 cm³/mol. The van der Waals surface area contributed by atoms with Crippen LogP contribution in [-0.4, -0.2) is 54.6 Å². The molecule has 2 aromatic carbocycles. The van der Waals surface area contributed by atoms with Crippen LogP contribution >= 0.6 is 11.6 Å². The Kier molecular flexibility index (Phi) is 6.74. The molecular weight excluding hydrogens is 430 g/mol. The van der Waals surface area contributed by atoms with Gasteiger partial charge in [0.15, 0.2) is 4.90 Å². The van der Waals surface area contributed by atoms with E-state index in [1.807, 2.05) is 25.1 Å². The molecule has 1 aliphatic heterocycles. The summed E-state index contributed by atoms with van der Waals surface area (Å²) in [6.07, 6.45) is 0.851. The van der Waals surface area contributed by atoms with Crippen molar-refractivity contribution >= 4 is 33.2 Å². The lowest BCUT2D eigenvalue weighted by atomic mass is 10.1. The summed E-state index contributed by atoms with van der Waals surface area (Å²) in [7, 11) is -4.01. The van der Waals surface area contributed by atoms with Crippen LogP contribution in [0.1, 0.15) is 17.5 Å². The van der Waals surface area contributed by atoms with Gasteiger partial charge in [-0.05, 0) is 36.6 Å². The Balaban J connectivity index is 1.60. The molecule has 0 unspecified atom stereocenters. The number of aryl methyl sites for hydroxylation is 2. The quantitative estimate of drug-likeness (QED) is 0.496. The highest BCUT2D eigenvalue weighted by atomic mass is 35.5. The molecule has 1 saturated heterocycles. The lowest BCUT2D eigenvalue weighted by Gasteiger charge is -2.34. The highest BCUT2D eigenvalue weighted by Crippen LogP contribution is 2.27. The second kappa shape index (κ2) is 9.11.